The van der Waals surface area contributed by atoms with Gasteiger partial charge in [-0.2, -0.15) is 0 Å². The van der Waals surface area contributed by atoms with Gasteiger partial charge in [-0.25, -0.2) is 9.97 Å². The maximum absolute atomic E-state index is 4.55. The first-order valence-corrected chi connectivity index (χ1v) is 6.98. The number of rotatable bonds is 5. The Labute approximate surface area is 110 Å². The van der Waals surface area contributed by atoms with E-state index in [2.05, 4.69) is 40.5 Å². The van der Waals surface area contributed by atoms with E-state index in [-0.39, 0.29) is 0 Å². The van der Waals surface area contributed by atoms with Gasteiger partial charge in [-0.05, 0) is 44.7 Å². The van der Waals surface area contributed by atoms with Crippen molar-refractivity contribution in [3.63, 3.8) is 0 Å². The van der Waals surface area contributed by atoms with Crippen LogP contribution in [-0.2, 0) is 0 Å². The Bertz CT molecular complexity index is 383. The number of hydrogen-bond acceptors (Lipinski definition) is 4. The minimum absolute atomic E-state index is 0.448. The molecule has 100 valence electrons. The molecule has 1 aliphatic rings. The molecule has 1 aromatic heterocycles. The molecule has 4 nitrogen and oxygen atoms in total. The predicted molar refractivity (Wildman–Crippen MR) is 75.0 cm³/mol. The Morgan fingerprint density at radius 2 is 2.28 bits per heavy atom. The number of aromatic nitrogens is 2. The van der Waals surface area contributed by atoms with Crippen LogP contribution in [0.3, 0.4) is 0 Å². The standard InChI is InChI=1S/C14H24N4/c1-10(2)13-9-11(3)17-14(18-13)16-8-6-12-5-4-7-15-12/h9-10,12,15H,4-8H2,1-3H3,(H,16,17,18)/t12-/m1/s1. The molecule has 0 saturated carbocycles. The fourth-order valence-corrected chi connectivity index (χ4v) is 2.33. The molecule has 0 amide bonds. The second-order valence-corrected chi connectivity index (χ2v) is 5.42. The predicted octanol–water partition coefficient (Wildman–Crippen LogP) is 2.46. The van der Waals surface area contributed by atoms with E-state index in [1.54, 1.807) is 0 Å². The summed E-state index contributed by atoms with van der Waals surface area (Å²) in [5.41, 5.74) is 2.15. The summed E-state index contributed by atoms with van der Waals surface area (Å²) in [4.78, 5) is 8.99. The van der Waals surface area contributed by atoms with Crippen molar-refractivity contribution in [1.29, 1.82) is 0 Å². The molecule has 1 atom stereocenters. The Morgan fingerprint density at radius 1 is 1.44 bits per heavy atom. The van der Waals surface area contributed by atoms with Crippen molar-refractivity contribution in [3.05, 3.63) is 17.5 Å². The topological polar surface area (TPSA) is 49.8 Å². The van der Waals surface area contributed by atoms with Gasteiger partial charge in [0.25, 0.3) is 0 Å². The van der Waals surface area contributed by atoms with Crippen molar-refractivity contribution >= 4 is 5.95 Å². The lowest BCUT2D eigenvalue weighted by atomic mass is 10.1. The molecule has 1 aliphatic heterocycles. The molecule has 0 bridgehead atoms. The lowest BCUT2D eigenvalue weighted by molar-refractivity contribution is 0.573. The minimum atomic E-state index is 0.448. The van der Waals surface area contributed by atoms with E-state index in [4.69, 9.17) is 0 Å². The summed E-state index contributed by atoms with van der Waals surface area (Å²) >= 11 is 0. The van der Waals surface area contributed by atoms with Crippen molar-refractivity contribution in [2.24, 2.45) is 0 Å². The highest BCUT2D eigenvalue weighted by molar-refractivity contribution is 5.29. The van der Waals surface area contributed by atoms with Crippen LogP contribution in [0.2, 0.25) is 0 Å². The summed E-state index contributed by atoms with van der Waals surface area (Å²) in [6.07, 6.45) is 3.75. The highest BCUT2D eigenvalue weighted by Gasteiger charge is 2.13. The molecule has 1 fully saturated rings. The lowest BCUT2D eigenvalue weighted by Gasteiger charge is -2.12. The summed E-state index contributed by atoms with van der Waals surface area (Å²) in [6.45, 7) is 8.46. The molecule has 1 aromatic rings. The van der Waals surface area contributed by atoms with Crippen molar-refractivity contribution < 1.29 is 0 Å². The van der Waals surface area contributed by atoms with Gasteiger partial charge >= 0.3 is 0 Å². The molecule has 0 radical (unpaired) electrons. The van der Waals surface area contributed by atoms with Crippen LogP contribution >= 0.6 is 0 Å². The normalized spacial score (nSPS) is 19.4. The molecule has 2 rings (SSSR count). The quantitative estimate of drug-likeness (QED) is 0.840. The van der Waals surface area contributed by atoms with Gasteiger partial charge in [0, 0.05) is 24.0 Å². The number of anilines is 1. The lowest BCUT2D eigenvalue weighted by Crippen LogP contribution is -2.24. The maximum atomic E-state index is 4.55. The van der Waals surface area contributed by atoms with Crippen molar-refractivity contribution in [1.82, 2.24) is 15.3 Å². The van der Waals surface area contributed by atoms with Crippen LogP contribution in [-0.4, -0.2) is 29.1 Å². The fourth-order valence-electron chi connectivity index (χ4n) is 2.33. The summed E-state index contributed by atoms with van der Waals surface area (Å²) in [5, 5.41) is 6.85. The molecule has 1 saturated heterocycles. The first kappa shape index (κ1) is 13.3. The summed E-state index contributed by atoms with van der Waals surface area (Å²) in [5.74, 6) is 1.22. The Morgan fingerprint density at radius 3 is 2.94 bits per heavy atom. The van der Waals surface area contributed by atoms with Gasteiger partial charge in [-0.15, -0.1) is 0 Å². The van der Waals surface area contributed by atoms with Gasteiger partial charge in [0.05, 0.1) is 0 Å². The highest BCUT2D eigenvalue weighted by atomic mass is 15.1. The van der Waals surface area contributed by atoms with Gasteiger partial charge in [-0.1, -0.05) is 13.8 Å². The van der Waals surface area contributed by atoms with Gasteiger partial charge in [-0.3, -0.25) is 0 Å². The highest BCUT2D eigenvalue weighted by Crippen LogP contribution is 2.15. The smallest absolute Gasteiger partial charge is 0.223 e. The third kappa shape index (κ3) is 3.67. The fraction of sp³-hybridized carbons (Fsp3) is 0.714. The van der Waals surface area contributed by atoms with Gasteiger partial charge in [0.15, 0.2) is 0 Å². The number of nitrogens with zero attached hydrogens (tertiary/aromatic N) is 2. The second kappa shape index (κ2) is 6.14. The minimum Gasteiger partial charge on any atom is -0.354 e. The summed E-state index contributed by atoms with van der Waals surface area (Å²) in [6, 6.07) is 2.74. The summed E-state index contributed by atoms with van der Waals surface area (Å²) in [7, 11) is 0. The molecule has 4 heteroatoms. The van der Waals surface area contributed by atoms with Gasteiger partial charge in [0.2, 0.25) is 5.95 Å². The molecule has 18 heavy (non-hydrogen) atoms. The molecule has 0 unspecified atom stereocenters. The van der Waals surface area contributed by atoms with E-state index < -0.39 is 0 Å². The molecule has 2 heterocycles. The molecule has 2 N–H and O–H groups in total. The van der Waals surface area contributed by atoms with E-state index in [0.717, 1.165) is 30.3 Å². The van der Waals surface area contributed by atoms with Crippen LogP contribution < -0.4 is 10.6 Å². The van der Waals surface area contributed by atoms with E-state index in [1.807, 2.05) is 6.92 Å². The number of hydrogen-bond donors (Lipinski definition) is 2. The zero-order valence-electron chi connectivity index (χ0n) is 11.7. The SMILES string of the molecule is Cc1cc(C(C)C)nc(NCC[C@H]2CCCN2)n1. The molecule has 0 aromatic carbocycles. The van der Waals surface area contributed by atoms with E-state index in [0.29, 0.717) is 12.0 Å². The van der Waals surface area contributed by atoms with Crippen LogP contribution in [0.5, 0.6) is 0 Å². The first-order valence-electron chi connectivity index (χ1n) is 6.98. The van der Waals surface area contributed by atoms with E-state index in [1.165, 1.54) is 19.4 Å². The summed E-state index contributed by atoms with van der Waals surface area (Å²) < 4.78 is 0. The Balaban J connectivity index is 1.88. The number of aryl methyl sites for hydroxylation is 1. The Hall–Kier alpha value is -1.16. The molecule has 0 aliphatic carbocycles. The molecular weight excluding hydrogens is 224 g/mol. The van der Waals surface area contributed by atoms with Crippen LogP contribution in [0, 0.1) is 6.92 Å². The van der Waals surface area contributed by atoms with Crippen LogP contribution in [0.15, 0.2) is 6.07 Å². The largest absolute Gasteiger partial charge is 0.354 e. The van der Waals surface area contributed by atoms with Crippen LogP contribution in [0.25, 0.3) is 0 Å². The number of nitrogens with one attached hydrogen (secondary N) is 2. The third-order valence-corrected chi connectivity index (χ3v) is 3.40. The average molecular weight is 248 g/mol. The zero-order valence-corrected chi connectivity index (χ0v) is 11.7. The molecular formula is C14H24N4. The van der Waals surface area contributed by atoms with E-state index >= 15 is 0 Å². The van der Waals surface area contributed by atoms with Gasteiger partial charge in [0.1, 0.15) is 0 Å². The van der Waals surface area contributed by atoms with Gasteiger partial charge < -0.3 is 10.6 Å². The van der Waals surface area contributed by atoms with Crippen molar-refractivity contribution in [2.45, 2.75) is 52.0 Å². The van der Waals surface area contributed by atoms with E-state index in [9.17, 15) is 0 Å². The van der Waals surface area contributed by atoms with Crippen LogP contribution in [0.1, 0.15) is 50.4 Å². The Kier molecular flexibility index (Phi) is 4.53. The second-order valence-electron chi connectivity index (χ2n) is 5.42. The monoisotopic (exact) mass is 248 g/mol. The average Bonchev–Trinajstić information content (AvgIpc) is 2.81. The first-order chi connectivity index (χ1) is 8.65. The van der Waals surface area contributed by atoms with Crippen LogP contribution in [0.4, 0.5) is 5.95 Å². The van der Waals surface area contributed by atoms with Crippen molar-refractivity contribution in [2.75, 3.05) is 18.4 Å². The third-order valence-electron chi connectivity index (χ3n) is 3.40. The van der Waals surface area contributed by atoms with Crippen molar-refractivity contribution in [3.8, 4) is 0 Å². The molecule has 0 spiro atoms. The zero-order chi connectivity index (χ0) is 13.0. The maximum Gasteiger partial charge on any atom is 0.223 e.